The number of aromatic nitrogens is 2. The van der Waals surface area contributed by atoms with E-state index in [0.717, 1.165) is 47.5 Å². The third-order valence-corrected chi connectivity index (χ3v) is 5.45. The van der Waals surface area contributed by atoms with E-state index in [-0.39, 0.29) is 0 Å². The average Bonchev–Trinajstić information content (AvgIpc) is 2.65. The monoisotopic (exact) mass is 460 g/mol. The van der Waals surface area contributed by atoms with Crippen molar-refractivity contribution in [3.8, 4) is 0 Å². The molecule has 1 amide bonds. The van der Waals surface area contributed by atoms with E-state index in [4.69, 9.17) is 9.72 Å². The van der Waals surface area contributed by atoms with Crippen LogP contribution in [-0.2, 0) is 11.2 Å². The molecule has 0 aliphatic heterocycles. The Morgan fingerprint density at radius 3 is 2.69 bits per heavy atom. The Hall–Kier alpha value is -2.02. The standard InChI is InChI=1S/C22H29BrN4O2/c1-5-15-10-17(23)11-16-13-24-20(27-19(15)16)26-18-8-6-14(7-9-18)12-25-21(28)29-22(2,3)4/h10-14,18H,5-9H2,1-4H3,(H,24,26,27)/b25-12+. The van der Waals surface area contributed by atoms with Crippen LogP contribution < -0.4 is 5.32 Å². The van der Waals surface area contributed by atoms with Crippen LogP contribution in [0.1, 0.15) is 58.9 Å². The van der Waals surface area contributed by atoms with Gasteiger partial charge >= 0.3 is 6.09 Å². The minimum absolute atomic E-state index is 0.308. The number of carbonyl (C=O) groups excluding carboxylic acids is 1. The zero-order chi connectivity index (χ0) is 21.0. The second-order valence-electron chi connectivity index (χ2n) is 8.56. The lowest BCUT2D eigenvalue weighted by atomic mass is 9.87. The van der Waals surface area contributed by atoms with E-state index in [1.165, 1.54) is 5.56 Å². The summed E-state index contributed by atoms with van der Waals surface area (Å²) in [4.78, 5) is 25.0. The van der Waals surface area contributed by atoms with Crippen LogP contribution in [0.4, 0.5) is 10.7 Å². The highest BCUT2D eigenvalue weighted by atomic mass is 79.9. The number of hydrogen-bond donors (Lipinski definition) is 1. The lowest BCUT2D eigenvalue weighted by Gasteiger charge is -2.27. The molecule has 1 fully saturated rings. The van der Waals surface area contributed by atoms with Gasteiger partial charge in [0, 0.05) is 28.3 Å². The van der Waals surface area contributed by atoms with Gasteiger partial charge in [-0.3, -0.25) is 0 Å². The third kappa shape index (κ3) is 6.23. The van der Waals surface area contributed by atoms with Crippen LogP contribution in [0.25, 0.3) is 10.9 Å². The fourth-order valence-corrected chi connectivity index (χ4v) is 4.09. The third-order valence-electron chi connectivity index (χ3n) is 5.00. The average molecular weight is 461 g/mol. The summed E-state index contributed by atoms with van der Waals surface area (Å²) >= 11 is 3.55. The molecular formula is C22H29BrN4O2. The molecule has 1 aromatic carbocycles. The quantitative estimate of drug-likeness (QED) is 0.571. The molecule has 1 aromatic heterocycles. The Bertz CT molecular complexity index is 900. The Labute approximate surface area is 180 Å². The molecule has 1 aliphatic carbocycles. The zero-order valence-electron chi connectivity index (χ0n) is 17.5. The summed E-state index contributed by atoms with van der Waals surface area (Å²) in [6.45, 7) is 7.66. The molecule has 0 spiro atoms. The number of nitrogens with one attached hydrogen (secondary N) is 1. The SMILES string of the molecule is CCc1cc(Br)cc2cnc(NC3CCC(/C=N/C(=O)OC(C)(C)C)CC3)nc12. The number of hydrogen-bond acceptors (Lipinski definition) is 5. The predicted octanol–water partition coefficient (Wildman–Crippen LogP) is 5.93. The first-order valence-electron chi connectivity index (χ1n) is 10.2. The van der Waals surface area contributed by atoms with Gasteiger partial charge in [-0.05, 0) is 76.5 Å². The Kier molecular flexibility index (Phi) is 6.88. The molecule has 156 valence electrons. The topological polar surface area (TPSA) is 76.5 Å². The second kappa shape index (κ2) is 9.20. The molecule has 1 aliphatic rings. The molecule has 0 unspecified atom stereocenters. The van der Waals surface area contributed by atoms with Gasteiger partial charge in [0.2, 0.25) is 5.95 Å². The van der Waals surface area contributed by atoms with E-state index in [1.807, 2.05) is 33.0 Å². The zero-order valence-corrected chi connectivity index (χ0v) is 19.1. The van der Waals surface area contributed by atoms with E-state index in [9.17, 15) is 4.79 Å². The summed E-state index contributed by atoms with van der Waals surface area (Å²) < 4.78 is 6.27. The van der Waals surface area contributed by atoms with Crippen LogP contribution in [0.2, 0.25) is 0 Å². The lowest BCUT2D eigenvalue weighted by molar-refractivity contribution is 0.0604. The van der Waals surface area contributed by atoms with Crippen LogP contribution in [0.5, 0.6) is 0 Å². The Morgan fingerprint density at radius 1 is 1.31 bits per heavy atom. The number of halogens is 1. The number of aliphatic imine (C=N–C) groups is 1. The summed E-state index contributed by atoms with van der Waals surface area (Å²) in [5.41, 5.74) is 1.71. The summed E-state index contributed by atoms with van der Waals surface area (Å²) in [6.07, 6.45) is 7.99. The summed E-state index contributed by atoms with van der Waals surface area (Å²) in [7, 11) is 0. The van der Waals surface area contributed by atoms with Gasteiger partial charge in [-0.25, -0.2) is 14.8 Å². The number of amides is 1. The molecule has 0 bridgehead atoms. The molecular weight excluding hydrogens is 432 g/mol. The van der Waals surface area contributed by atoms with Gasteiger partial charge in [0.25, 0.3) is 0 Å². The maximum absolute atomic E-state index is 11.7. The van der Waals surface area contributed by atoms with Gasteiger partial charge in [-0.2, -0.15) is 4.99 Å². The highest BCUT2D eigenvalue weighted by Crippen LogP contribution is 2.27. The van der Waals surface area contributed by atoms with E-state index in [0.29, 0.717) is 17.9 Å². The van der Waals surface area contributed by atoms with Crippen LogP contribution in [0.3, 0.4) is 0 Å². The van der Waals surface area contributed by atoms with Gasteiger partial charge < -0.3 is 10.1 Å². The molecule has 1 saturated carbocycles. The predicted molar refractivity (Wildman–Crippen MR) is 121 cm³/mol. The smallest absolute Gasteiger partial charge is 0.433 e. The first kappa shape index (κ1) is 21.7. The number of carbonyl (C=O) groups is 1. The number of aryl methyl sites for hydroxylation is 1. The van der Waals surface area contributed by atoms with Gasteiger partial charge in [-0.1, -0.05) is 22.9 Å². The first-order chi connectivity index (χ1) is 13.7. The van der Waals surface area contributed by atoms with Crippen LogP contribution in [0.15, 0.2) is 27.8 Å². The molecule has 3 rings (SSSR count). The summed E-state index contributed by atoms with van der Waals surface area (Å²) in [5, 5.41) is 4.53. The maximum atomic E-state index is 11.7. The van der Waals surface area contributed by atoms with Gasteiger partial charge in [0.05, 0.1) is 5.52 Å². The minimum atomic E-state index is -0.513. The van der Waals surface area contributed by atoms with Crippen LogP contribution in [-0.4, -0.2) is 33.9 Å². The molecule has 6 nitrogen and oxygen atoms in total. The van der Waals surface area contributed by atoms with Crippen molar-refractivity contribution in [2.45, 2.75) is 71.4 Å². The van der Waals surface area contributed by atoms with Crippen LogP contribution in [0, 0.1) is 5.92 Å². The molecule has 29 heavy (non-hydrogen) atoms. The summed E-state index contributed by atoms with van der Waals surface area (Å²) in [6, 6.07) is 4.50. The maximum Gasteiger partial charge on any atom is 0.433 e. The molecule has 0 radical (unpaired) electrons. The molecule has 7 heteroatoms. The van der Waals surface area contributed by atoms with Crippen molar-refractivity contribution in [2.24, 2.45) is 10.9 Å². The normalized spacial score (nSPS) is 20.2. The number of nitrogens with zero attached hydrogens (tertiary/aromatic N) is 3. The number of rotatable bonds is 4. The Balaban J connectivity index is 1.57. The molecule has 1 N–H and O–H groups in total. The molecule has 1 heterocycles. The van der Waals surface area contributed by atoms with Crippen LogP contribution >= 0.6 is 15.9 Å². The van der Waals surface area contributed by atoms with Crippen molar-refractivity contribution in [1.82, 2.24) is 9.97 Å². The fraction of sp³-hybridized carbons (Fsp3) is 0.545. The Morgan fingerprint density at radius 2 is 2.03 bits per heavy atom. The first-order valence-corrected chi connectivity index (χ1v) is 11.0. The molecule has 0 saturated heterocycles. The molecule has 0 atom stereocenters. The van der Waals surface area contributed by atoms with E-state index in [1.54, 1.807) is 6.21 Å². The fourth-order valence-electron chi connectivity index (χ4n) is 3.57. The highest BCUT2D eigenvalue weighted by Gasteiger charge is 2.22. The van der Waals surface area contributed by atoms with Crippen molar-refractivity contribution < 1.29 is 9.53 Å². The van der Waals surface area contributed by atoms with Crippen molar-refractivity contribution in [3.05, 3.63) is 28.4 Å². The second-order valence-corrected chi connectivity index (χ2v) is 9.48. The highest BCUT2D eigenvalue weighted by molar-refractivity contribution is 9.10. The largest absolute Gasteiger partial charge is 0.442 e. The van der Waals surface area contributed by atoms with Gasteiger partial charge in [0.15, 0.2) is 0 Å². The molecule has 2 aromatic rings. The van der Waals surface area contributed by atoms with E-state index >= 15 is 0 Å². The minimum Gasteiger partial charge on any atom is -0.442 e. The summed E-state index contributed by atoms with van der Waals surface area (Å²) in [5.74, 6) is 0.988. The number of ether oxygens (including phenoxy) is 1. The lowest BCUT2D eigenvalue weighted by Crippen LogP contribution is -2.28. The van der Waals surface area contributed by atoms with Gasteiger partial charge in [-0.15, -0.1) is 0 Å². The van der Waals surface area contributed by atoms with Crippen molar-refractivity contribution in [1.29, 1.82) is 0 Å². The van der Waals surface area contributed by atoms with E-state index < -0.39 is 11.7 Å². The number of benzene rings is 1. The van der Waals surface area contributed by atoms with Gasteiger partial charge in [0.1, 0.15) is 5.60 Å². The number of fused-ring (bicyclic) bond motifs is 1. The van der Waals surface area contributed by atoms with Crippen molar-refractivity contribution >= 4 is 45.1 Å². The van der Waals surface area contributed by atoms with Crippen molar-refractivity contribution in [3.63, 3.8) is 0 Å². The van der Waals surface area contributed by atoms with Crippen molar-refractivity contribution in [2.75, 3.05) is 5.32 Å². The number of anilines is 1. The van der Waals surface area contributed by atoms with E-state index in [2.05, 4.69) is 44.2 Å².